The lowest BCUT2D eigenvalue weighted by molar-refractivity contribution is -0.0961. The van der Waals surface area contributed by atoms with Gasteiger partial charge in [0.1, 0.15) is 11.3 Å². The van der Waals surface area contributed by atoms with Gasteiger partial charge in [0.25, 0.3) is 5.91 Å². The molecule has 7 rings (SSSR count). The number of pyridine rings is 1. The van der Waals surface area contributed by atoms with E-state index in [0.717, 1.165) is 76.4 Å². The van der Waals surface area contributed by atoms with Gasteiger partial charge in [-0.2, -0.15) is 0 Å². The molecule has 1 N–H and O–H groups in total. The lowest BCUT2D eigenvalue weighted by Gasteiger charge is -2.52. The van der Waals surface area contributed by atoms with Crippen LogP contribution in [0.2, 0.25) is 5.02 Å². The zero-order chi connectivity index (χ0) is 36.8. The molecular weight excluding hydrogens is 694 g/mol. The summed E-state index contributed by atoms with van der Waals surface area (Å²) in [7, 11) is -1.10. The second kappa shape index (κ2) is 14.9. The number of nitrogens with zero attached hydrogens (tertiary/aromatic N) is 4. The molecule has 1 aromatic carbocycles. The quantitative estimate of drug-likeness (QED) is 0.302. The molecule has 2 bridgehead atoms. The lowest BCUT2D eigenvalue weighted by atomic mass is 9.63. The van der Waals surface area contributed by atoms with Crippen molar-refractivity contribution >= 4 is 38.9 Å². The van der Waals surface area contributed by atoms with Gasteiger partial charge < -0.3 is 14.4 Å². The van der Waals surface area contributed by atoms with Crippen molar-refractivity contribution in [2.75, 3.05) is 64.4 Å². The molecular formula is C41H58ClN5O4S. The van der Waals surface area contributed by atoms with E-state index in [1.54, 1.807) is 6.07 Å². The maximum Gasteiger partial charge on any atom is 0.281 e. The molecule has 2 fully saturated rings. The van der Waals surface area contributed by atoms with E-state index in [-0.39, 0.29) is 22.3 Å². The third-order valence-electron chi connectivity index (χ3n) is 13.2. The van der Waals surface area contributed by atoms with Crippen molar-refractivity contribution in [3.63, 3.8) is 0 Å². The molecule has 1 amide bonds. The van der Waals surface area contributed by atoms with Gasteiger partial charge in [-0.05, 0) is 118 Å². The lowest BCUT2D eigenvalue weighted by Crippen LogP contribution is -2.59. The number of amides is 1. The normalized spacial score (nSPS) is 35.1. The number of fused-ring (bicyclic) bond motifs is 4. The van der Waals surface area contributed by atoms with Crippen molar-refractivity contribution in [2.24, 2.45) is 17.8 Å². The fourth-order valence-electron chi connectivity index (χ4n) is 9.54. The number of nitrogens with one attached hydrogen (secondary N) is 1. The number of hydrogen-bond acceptors (Lipinski definition) is 8. The molecule has 9 nitrogen and oxygen atoms in total. The van der Waals surface area contributed by atoms with Crippen LogP contribution < -0.4 is 14.4 Å². The standard InChI is InChI=1S/C41H58ClN5O4S/c1-28(2)46-21-19-45(20-22-46)26-41(50-5)18-7-9-29(3)30(4)52(6,49)44-39(48)36-15-16-37-38(43-36)47(24-32-11-13-35(32)41)25-40(27-51-37)17-8-10-31-23-33(42)12-14-34(31)40/h7,12,14-16,18,23,28-30,32,35H,6,8-11,13,17,19-22,24-27H2,1-5H3,(H,44,48,49)/b18-7+/t29-,30+,32-,35+,40-,41+,52?/m0/s1. The number of carbonyl (C=O) groups is 1. The van der Waals surface area contributed by atoms with Gasteiger partial charge in [-0.3, -0.25) is 19.3 Å². The van der Waals surface area contributed by atoms with Crippen molar-refractivity contribution in [3.05, 3.63) is 64.3 Å². The molecule has 7 atom stereocenters. The van der Waals surface area contributed by atoms with Gasteiger partial charge >= 0.3 is 0 Å². The van der Waals surface area contributed by atoms with Gasteiger partial charge in [0, 0.05) is 74.7 Å². The molecule has 5 aliphatic rings. The number of allylic oxidation sites excluding steroid dienone is 1. The van der Waals surface area contributed by atoms with Gasteiger partial charge in [0.15, 0.2) is 11.6 Å². The molecule has 2 aromatic rings. The third-order valence-corrected chi connectivity index (χ3v) is 15.6. The van der Waals surface area contributed by atoms with Crippen molar-refractivity contribution in [1.82, 2.24) is 19.5 Å². The van der Waals surface area contributed by atoms with E-state index in [1.165, 1.54) is 11.1 Å². The largest absolute Gasteiger partial charge is 0.489 e. The second-order valence-corrected chi connectivity index (χ2v) is 19.4. The summed E-state index contributed by atoms with van der Waals surface area (Å²) in [4.78, 5) is 26.3. The third kappa shape index (κ3) is 7.27. The predicted octanol–water partition coefficient (Wildman–Crippen LogP) is 5.99. The van der Waals surface area contributed by atoms with Gasteiger partial charge in [0.2, 0.25) is 0 Å². The Kier molecular flexibility index (Phi) is 10.8. The molecule has 1 spiro atoms. The van der Waals surface area contributed by atoms with Crippen LogP contribution in [0, 0.1) is 17.8 Å². The van der Waals surface area contributed by atoms with Crippen LogP contribution in [0.4, 0.5) is 5.82 Å². The first-order chi connectivity index (χ1) is 24.8. The first-order valence-electron chi connectivity index (χ1n) is 19.4. The zero-order valence-electron chi connectivity index (χ0n) is 31.7. The smallest absolute Gasteiger partial charge is 0.281 e. The van der Waals surface area contributed by atoms with Crippen LogP contribution in [-0.2, 0) is 26.3 Å². The van der Waals surface area contributed by atoms with E-state index in [9.17, 15) is 9.00 Å². The van der Waals surface area contributed by atoms with Gasteiger partial charge in [-0.1, -0.05) is 36.7 Å². The number of anilines is 1. The van der Waals surface area contributed by atoms with Crippen LogP contribution in [0.25, 0.3) is 0 Å². The zero-order valence-corrected chi connectivity index (χ0v) is 33.3. The Labute approximate surface area is 316 Å². The van der Waals surface area contributed by atoms with Gasteiger partial charge in [0.05, 0.1) is 16.3 Å². The number of rotatable bonds is 4. The van der Waals surface area contributed by atoms with Crippen LogP contribution >= 0.6 is 11.6 Å². The summed E-state index contributed by atoms with van der Waals surface area (Å²) in [6, 6.07) is 10.4. The maximum atomic E-state index is 14.0. The molecule has 1 unspecified atom stereocenters. The Morgan fingerprint density at radius 2 is 1.94 bits per heavy atom. The number of benzene rings is 1. The maximum absolute atomic E-state index is 14.0. The topological polar surface area (TPSA) is 87.2 Å². The highest BCUT2D eigenvalue weighted by molar-refractivity contribution is 7.99. The molecule has 2 aliphatic carbocycles. The van der Waals surface area contributed by atoms with Crippen molar-refractivity contribution in [3.8, 4) is 5.75 Å². The summed E-state index contributed by atoms with van der Waals surface area (Å²) >= 11 is 6.51. The molecule has 11 heteroatoms. The van der Waals surface area contributed by atoms with Gasteiger partial charge in [-0.25, -0.2) is 9.19 Å². The van der Waals surface area contributed by atoms with Crippen molar-refractivity contribution < 1.29 is 18.5 Å². The molecule has 3 aliphatic heterocycles. The molecule has 4 heterocycles. The first kappa shape index (κ1) is 37.7. The summed E-state index contributed by atoms with van der Waals surface area (Å²) in [5, 5.41) is 0.403. The minimum absolute atomic E-state index is 0.0177. The van der Waals surface area contributed by atoms with Crippen molar-refractivity contribution in [1.29, 1.82) is 0 Å². The summed E-state index contributed by atoms with van der Waals surface area (Å²) in [5.74, 6) is 5.58. The van der Waals surface area contributed by atoms with E-state index >= 15 is 0 Å². The number of halogens is 1. The summed E-state index contributed by atoms with van der Waals surface area (Å²) in [6.45, 7) is 15.5. The Hall–Kier alpha value is -2.63. The number of aryl methyl sites for hydroxylation is 1. The van der Waals surface area contributed by atoms with E-state index in [1.807, 2.05) is 26.2 Å². The van der Waals surface area contributed by atoms with E-state index in [2.05, 4.69) is 70.3 Å². The number of aromatic nitrogens is 1. The molecule has 1 aromatic heterocycles. The minimum atomic E-state index is -2.99. The highest BCUT2D eigenvalue weighted by atomic mass is 35.5. The van der Waals surface area contributed by atoms with E-state index in [4.69, 9.17) is 26.1 Å². The SMILES string of the molecule is C=S1(=O)NC(=O)c2ccc3c(n2)N(C[C@@H]2CC[C@H]2[C@@](CN2CCN(C(C)C)CC2)(OC)/C=C/C[C@H](C)[C@H]1C)C[C@@]1(CCCc2cc(Cl)ccc21)CO3. The molecule has 0 radical (unpaired) electrons. The fraction of sp³-hybridized carbons (Fsp3) is 0.634. The van der Waals surface area contributed by atoms with E-state index < -0.39 is 21.2 Å². The predicted molar refractivity (Wildman–Crippen MR) is 212 cm³/mol. The Morgan fingerprint density at radius 3 is 2.65 bits per heavy atom. The Morgan fingerprint density at radius 1 is 1.15 bits per heavy atom. The van der Waals surface area contributed by atoms with Crippen LogP contribution in [0.3, 0.4) is 0 Å². The number of hydrogen-bond donors (Lipinski definition) is 1. The summed E-state index contributed by atoms with van der Waals surface area (Å²) in [6.07, 6.45) is 10.5. The Bertz CT molecular complexity index is 1780. The second-order valence-electron chi connectivity index (χ2n) is 16.6. The van der Waals surface area contributed by atoms with Crippen molar-refractivity contribution in [2.45, 2.75) is 88.5 Å². The molecule has 1 saturated carbocycles. The Balaban J connectivity index is 1.29. The van der Waals surface area contributed by atoms with Crippen LogP contribution in [0.15, 0.2) is 42.5 Å². The highest BCUT2D eigenvalue weighted by Crippen LogP contribution is 2.49. The summed E-state index contributed by atoms with van der Waals surface area (Å²) < 4.78 is 30.2. The monoisotopic (exact) mass is 751 g/mol. The van der Waals surface area contributed by atoms with Gasteiger partial charge in [-0.15, -0.1) is 0 Å². The average Bonchev–Trinajstić information content (AvgIpc) is 3.25. The molecule has 1 saturated heterocycles. The average molecular weight is 752 g/mol. The number of piperazine rings is 1. The minimum Gasteiger partial charge on any atom is -0.489 e. The number of carbonyl (C=O) groups excluding carboxylic acids is 1. The van der Waals surface area contributed by atoms with Crippen LogP contribution in [0.1, 0.15) is 81.4 Å². The number of ether oxygens (including phenoxy) is 2. The fourth-order valence-corrected chi connectivity index (χ4v) is 11.2. The highest BCUT2D eigenvalue weighted by Gasteiger charge is 2.50. The number of methoxy groups -OCH3 is 1. The molecule has 284 valence electrons. The summed E-state index contributed by atoms with van der Waals surface area (Å²) in [5.41, 5.74) is 2.06. The van der Waals surface area contributed by atoms with Crippen LogP contribution in [-0.4, -0.2) is 107 Å². The first-order valence-corrected chi connectivity index (χ1v) is 21.5. The molecule has 52 heavy (non-hydrogen) atoms. The van der Waals surface area contributed by atoms with Crippen LogP contribution in [0.5, 0.6) is 5.75 Å². The van der Waals surface area contributed by atoms with E-state index in [0.29, 0.717) is 49.0 Å².